The SMILES string of the molecule is CC(C=CC1C(C)=CC(=O)CC1(C)C)=CCO. The van der Waals surface area contributed by atoms with Crippen LogP contribution in [0, 0.1) is 11.3 Å². The molecule has 0 amide bonds. The van der Waals surface area contributed by atoms with E-state index in [0.717, 1.165) is 11.1 Å². The van der Waals surface area contributed by atoms with E-state index in [1.165, 1.54) is 0 Å². The average molecular weight is 234 g/mol. The zero-order chi connectivity index (χ0) is 13.1. The van der Waals surface area contributed by atoms with Gasteiger partial charge in [0.05, 0.1) is 6.61 Å². The Morgan fingerprint density at radius 1 is 1.59 bits per heavy atom. The van der Waals surface area contributed by atoms with Gasteiger partial charge in [-0.05, 0) is 25.3 Å². The standard InChI is InChI=1S/C15H22O2/c1-11(7-8-16)5-6-14-12(2)9-13(17)10-15(14,3)4/h5-7,9,14,16H,8,10H2,1-4H3. The van der Waals surface area contributed by atoms with Gasteiger partial charge in [0.1, 0.15) is 0 Å². The first kappa shape index (κ1) is 13.9. The van der Waals surface area contributed by atoms with Crippen LogP contribution in [0.3, 0.4) is 0 Å². The van der Waals surface area contributed by atoms with Crippen molar-refractivity contribution in [1.82, 2.24) is 0 Å². The summed E-state index contributed by atoms with van der Waals surface area (Å²) in [7, 11) is 0. The molecule has 0 radical (unpaired) electrons. The van der Waals surface area contributed by atoms with Crippen LogP contribution in [0.4, 0.5) is 0 Å². The van der Waals surface area contributed by atoms with Crippen molar-refractivity contribution in [3.8, 4) is 0 Å². The summed E-state index contributed by atoms with van der Waals surface area (Å²) in [4.78, 5) is 11.5. The van der Waals surface area contributed by atoms with Crippen LogP contribution in [0.15, 0.2) is 35.5 Å². The molecular weight excluding hydrogens is 212 g/mol. The Morgan fingerprint density at radius 2 is 2.24 bits per heavy atom. The Bertz CT molecular complexity index is 384. The predicted molar refractivity (Wildman–Crippen MR) is 70.6 cm³/mol. The number of carbonyl (C=O) groups is 1. The van der Waals surface area contributed by atoms with Gasteiger partial charge >= 0.3 is 0 Å². The lowest BCUT2D eigenvalue weighted by Crippen LogP contribution is -2.30. The largest absolute Gasteiger partial charge is 0.392 e. The van der Waals surface area contributed by atoms with Crippen molar-refractivity contribution in [1.29, 1.82) is 0 Å². The third-order valence-electron chi connectivity index (χ3n) is 3.32. The average Bonchev–Trinajstić information content (AvgIpc) is 2.14. The molecule has 1 aliphatic carbocycles. The number of aliphatic hydroxyl groups is 1. The van der Waals surface area contributed by atoms with E-state index in [-0.39, 0.29) is 17.8 Å². The molecule has 2 nitrogen and oxygen atoms in total. The predicted octanol–water partition coefficient (Wildman–Crippen LogP) is 3.04. The van der Waals surface area contributed by atoms with Crippen molar-refractivity contribution in [3.63, 3.8) is 0 Å². The van der Waals surface area contributed by atoms with Crippen LogP contribution in [0.25, 0.3) is 0 Å². The van der Waals surface area contributed by atoms with Crippen molar-refractivity contribution in [2.75, 3.05) is 6.61 Å². The van der Waals surface area contributed by atoms with Crippen LogP contribution in [0.5, 0.6) is 0 Å². The van der Waals surface area contributed by atoms with E-state index in [9.17, 15) is 4.79 Å². The van der Waals surface area contributed by atoms with Gasteiger partial charge < -0.3 is 5.11 Å². The first-order valence-corrected chi connectivity index (χ1v) is 6.03. The molecule has 17 heavy (non-hydrogen) atoms. The van der Waals surface area contributed by atoms with E-state index in [0.29, 0.717) is 12.3 Å². The number of rotatable bonds is 3. The number of hydrogen-bond donors (Lipinski definition) is 1. The molecule has 0 aliphatic heterocycles. The Labute approximate surface area is 104 Å². The molecule has 1 rings (SSSR count). The summed E-state index contributed by atoms with van der Waals surface area (Å²) < 4.78 is 0. The topological polar surface area (TPSA) is 37.3 Å². The van der Waals surface area contributed by atoms with Gasteiger partial charge in [0, 0.05) is 12.3 Å². The lowest BCUT2D eigenvalue weighted by Gasteiger charge is -2.35. The van der Waals surface area contributed by atoms with E-state index in [1.54, 1.807) is 12.2 Å². The second kappa shape index (κ2) is 5.46. The minimum Gasteiger partial charge on any atom is -0.392 e. The van der Waals surface area contributed by atoms with E-state index in [4.69, 9.17) is 5.11 Å². The monoisotopic (exact) mass is 234 g/mol. The Kier molecular flexibility index (Phi) is 4.47. The molecule has 2 heteroatoms. The Morgan fingerprint density at radius 3 is 2.76 bits per heavy atom. The highest BCUT2D eigenvalue weighted by atomic mass is 16.2. The lowest BCUT2D eigenvalue weighted by molar-refractivity contribution is -0.117. The van der Waals surface area contributed by atoms with E-state index in [1.807, 2.05) is 19.9 Å². The Hall–Kier alpha value is -1.15. The maximum absolute atomic E-state index is 11.5. The molecule has 0 spiro atoms. The highest BCUT2D eigenvalue weighted by molar-refractivity contribution is 5.92. The van der Waals surface area contributed by atoms with Crippen LogP contribution in [0.1, 0.15) is 34.1 Å². The third kappa shape index (κ3) is 3.67. The van der Waals surface area contributed by atoms with Gasteiger partial charge in [0.25, 0.3) is 0 Å². The number of allylic oxidation sites excluding steroid dienone is 5. The molecule has 0 aromatic heterocycles. The smallest absolute Gasteiger partial charge is 0.156 e. The number of ketones is 1. The van der Waals surface area contributed by atoms with Crippen molar-refractivity contribution < 1.29 is 9.90 Å². The summed E-state index contributed by atoms with van der Waals surface area (Å²) in [5.41, 5.74) is 2.15. The highest BCUT2D eigenvalue weighted by Crippen LogP contribution is 2.40. The van der Waals surface area contributed by atoms with Crippen LogP contribution < -0.4 is 0 Å². The molecule has 0 saturated heterocycles. The minimum absolute atomic E-state index is 0.0219. The molecule has 0 bridgehead atoms. The molecule has 0 aromatic carbocycles. The van der Waals surface area contributed by atoms with Crippen LogP contribution in [-0.4, -0.2) is 17.5 Å². The molecule has 1 atom stereocenters. The maximum Gasteiger partial charge on any atom is 0.156 e. The third-order valence-corrected chi connectivity index (χ3v) is 3.32. The summed E-state index contributed by atoms with van der Waals surface area (Å²) in [6.45, 7) is 8.30. The molecular formula is C15H22O2. The maximum atomic E-state index is 11.5. The fourth-order valence-electron chi connectivity index (χ4n) is 2.44. The molecule has 0 aromatic rings. The summed E-state index contributed by atoms with van der Waals surface area (Å²) in [6, 6.07) is 0. The summed E-state index contributed by atoms with van der Waals surface area (Å²) in [6.07, 6.45) is 8.29. The molecule has 94 valence electrons. The molecule has 1 unspecified atom stereocenters. The second-order valence-electron chi connectivity index (χ2n) is 5.49. The lowest BCUT2D eigenvalue weighted by atomic mass is 9.68. The molecule has 0 saturated carbocycles. The highest BCUT2D eigenvalue weighted by Gasteiger charge is 2.34. The summed E-state index contributed by atoms with van der Waals surface area (Å²) in [5.74, 6) is 0.516. The number of aliphatic hydroxyl groups excluding tert-OH is 1. The summed E-state index contributed by atoms with van der Waals surface area (Å²) >= 11 is 0. The zero-order valence-corrected chi connectivity index (χ0v) is 11.2. The molecule has 1 aliphatic rings. The van der Waals surface area contributed by atoms with Crippen molar-refractivity contribution in [2.24, 2.45) is 11.3 Å². The quantitative estimate of drug-likeness (QED) is 0.762. The van der Waals surface area contributed by atoms with Gasteiger partial charge in [0.2, 0.25) is 0 Å². The first-order chi connectivity index (χ1) is 7.86. The van der Waals surface area contributed by atoms with Gasteiger partial charge in [-0.2, -0.15) is 0 Å². The molecule has 0 heterocycles. The van der Waals surface area contributed by atoms with Crippen molar-refractivity contribution in [2.45, 2.75) is 34.1 Å². The van der Waals surface area contributed by atoms with Gasteiger partial charge in [-0.3, -0.25) is 4.79 Å². The fraction of sp³-hybridized carbons (Fsp3) is 0.533. The zero-order valence-electron chi connectivity index (χ0n) is 11.2. The second-order valence-corrected chi connectivity index (χ2v) is 5.49. The summed E-state index contributed by atoms with van der Waals surface area (Å²) in [5, 5.41) is 8.80. The van der Waals surface area contributed by atoms with Crippen molar-refractivity contribution in [3.05, 3.63) is 35.5 Å². The molecule has 1 N–H and O–H groups in total. The van der Waals surface area contributed by atoms with Crippen LogP contribution in [0.2, 0.25) is 0 Å². The number of hydrogen-bond acceptors (Lipinski definition) is 2. The van der Waals surface area contributed by atoms with Crippen LogP contribution in [-0.2, 0) is 4.79 Å². The van der Waals surface area contributed by atoms with Crippen molar-refractivity contribution >= 4 is 5.78 Å². The normalized spacial score (nSPS) is 25.2. The van der Waals surface area contributed by atoms with E-state index >= 15 is 0 Å². The first-order valence-electron chi connectivity index (χ1n) is 6.03. The molecule has 0 fully saturated rings. The Balaban J connectivity index is 2.92. The van der Waals surface area contributed by atoms with Crippen LogP contribution >= 0.6 is 0 Å². The van der Waals surface area contributed by atoms with Gasteiger partial charge in [-0.15, -0.1) is 0 Å². The van der Waals surface area contributed by atoms with Gasteiger partial charge in [0.15, 0.2) is 5.78 Å². The van der Waals surface area contributed by atoms with Gasteiger partial charge in [-0.25, -0.2) is 0 Å². The number of carbonyl (C=O) groups excluding carboxylic acids is 1. The minimum atomic E-state index is -0.0219. The van der Waals surface area contributed by atoms with E-state index in [2.05, 4.69) is 19.9 Å². The fourth-order valence-corrected chi connectivity index (χ4v) is 2.44. The van der Waals surface area contributed by atoms with Gasteiger partial charge in [-0.1, -0.05) is 43.2 Å². The van der Waals surface area contributed by atoms with E-state index < -0.39 is 0 Å².